The zero-order chi connectivity index (χ0) is 11.3. The number of aliphatic hydroxyl groups excluding tert-OH is 1. The average Bonchev–Trinajstić information content (AvgIpc) is 2.21. The van der Waals surface area contributed by atoms with Crippen LogP contribution in [0, 0.1) is 6.92 Å². The van der Waals surface area contributed by atoms with Gasteiger partial charge in [0.2, 0.25) is 0 Å². The second kappa shape index (κ2) is 5.51. The molecule has 2 N–H and O–H groups in total. The fourth-order valence-electron chi connectivity index (χ4n) is 1.69. The molecule has 0 aliphatic heterocycles. The van der Waals surface area contributed by atoms with Crippen molar-refractivity contribution in [3.8, 4) is 0 Å². The zero-order valence-corrected chi connectivity index (χ0v) is 8.81. The molecule has 0 aromatic heterocycles. The first kappa shape index (κ1) is 11.7. The molecule has 1 atom stereocenters. The highest BCUT2D eigenvalue weighted by atomic mass is 16.4. The van der Waals surface area contributed by atoms with Crippen LogP contribution in [-0.4, -0.2) is 22.8 Å². The van der Waals surface area contributed by atoms with Gasteiger partial charge >= 0.3 is 5.97 Å². The molecule has 0 saturated heterocycles. The van der Waals surface area contributed by atoms with Gasteiger partial charge in [-0.2, -0.15) is 0 Å². The van der Waals surface area contributed by atoms with Crippen molar-refractivity contribution in [3.63, 3.8) is 0 Å². The van der Waals surface area contributed by atoms with Crippen molar-refractivity contribution >= 4 is 5.97 Å². The lowest BCUT2D eigenvalue weighted by Crippen LogP contribution is -2.08. The minimum absolute atomic E-state index is 0.00185. The van der Waals surface area contributed by atoms with Crippen LogP contribution in [0.1, 0.15) is 29.9 Å². The SMILES string of the molecule is Cc1ccccc1C(CO)CCC(=O)O. The molecule has 15 heavy (non-hydrogen) atoms. The molecular formula is C12H16O3. The fraction of sp³-hybridized carbons (Fsp3) is 0.417. The standard InChI is InChI=1S/C12H16O3/c1-9-4-2-3-5-11(9)10(8-13)6-7-12(14)15/h2-5,10,13H,6-8H2,1H3,(H,14,15). The van der Waals surface area contributed by atoms with Crippen molar-refractivity contribution in [1.29, 1.82) is 0 Å². The van der Waals surface area contributed by atoms with E-state index in [1.165, 1.54) is 0 Å². The van der Waals surface area contributed by atoms with Gasteiger partial charge in [0.05, 0.1) is 0 Å². The van der Waals surface area contributed by atoms with Gasteiger partial charge in [0.1, 0.15) is 0 Å². The summed E-state index contributed by atoms with van der Waals surface area (Å²) in [5, 5.41) is 17.8. The summed E-state index contributed by atoms with van der Waals surface area (Å²) < 4.78 is 0. The normalized spacial score (nSPS) is 12.4. The first-order valence-corrected chi connectivity index (χ1v) is 5.03. The van der Waals surface area contributed by atoms with E-state index in [1.807, 2.05) is 31.2 Å². The maximum absolute atomic E-state index is 10.5. The minimum Gasteiger partial charge on any atom is -0.481 e. The number of carboxylic acid groups (broad SMARTS) is 1. The molecule has 0 heterocycles. The zero-order valence-electron chi connectivity index (χ0n) is 8.81. The van der Waals surface area contributed by atoms with Gasteiger partial charge in [-0.05, 0) is 24.5 Å². The van der Waals surface area contributed by atoms with Crippen LogP contribution in [0.2, 0.25) is 0 Å². The third kappa shape index (κ3) is 3.36. The monoisotopic (exact) mass is 208 g/mol. The van der Waals surface area contributed by atoms with Crippen LogP contribution in [0.15, 0.2) is 24.3 Å². The molecule has 0 aliphatic rings. The Morgan fingerprint density at radius 3 is 2.60 bits per heavy atom. The number of rotatable bonds is 5. The third-order valence-corrected chi connectivity index (χ3v) is 2.56. The van der Waals surface area contributed by atoms with Crippen LogP contribution in [0.4, 0.5) is 0 Å². The maximum atomic E-state index is 10.5. The Morgan fingerprint density at radius 1 is 1.40 bits per heavy atom. The van der Waals surface area contributed by atoms with Crippen LogP contribution in [0.3, 0.4) is 0 Å². The van der Waals surface area contributed by atoms with Gasteiger partial charge in [-0.3, -0.25) is 4.79 Å². The predicted molar refractivity (Wildman–Crippen MR) is 57.9 cm³/mol. The molecule has 0 amide bonds. The first-order chi connectivity index (χ1) is 7.15. The van der Waals surface area contributed by atoms with Crippen LogP contribution in [0.25, 0.3) is 0 Å². The maximum Gasteiger partial charge on any atom is 0.303 e. The summed E-state index contributed by atoms with van der Waals surface area (Å²) in [6.07, 6.45) is 0.580. The van der Waals surface area contributed by atoms with Crippen molar-refractivity contribution in [1.82, 2.24) is 0 Å². The van der Waals surface area contributed by atoms with Crippen molar-refractivity contribution in [2.75, 3.05) is 6.61 Å². The Morgan fingerprint density at radius 2 is 2.07 bits per heavy atom. The van der Waals surface area contributed by atoms with E-state index < -0.39 is 5.97 Å². The molecule has 0 bridgehead atoms. The van der Waals surface area contributed by atoms with Gasteiger partial charge in [-0.25, -0.2) is 0 Å². The number of hydrogen-bond donors (Lipinski definition) is 2. The number of carbonyl (C=O) groups is 1. The topological polar surface area (TPSA) is 57.5 Å². The number of benzene rings is 1. The van der Waals surface area contributed by atoms with Crippen LogP contribution in [-0.2, 0) is 4.79 Å². The minimum atomic E-state index is -0.818. The Hall–Kier alpha value is -1.35. The van der Waals surface area contributed by atoms with Crippen LogP contribution in [0.5, 0.6) is 0 Å². The van der Waals surface area contributed by atoms with Gasteiger partial charge in [0, 0.05) is 18.9 Å². The molecule has 3 heteroatoms. The van der Waals surface area contributed by atoms with E-state index in [0.29, 0.717) is 6.42 Å². The molecule has 1 rings (SSSR count). The molecular weight excluding hydrogens is 192 g/mol. The summed E-state index contributed by atoms with van der Waals surface area (Å²) in [5.41, 5.74) is 2.14. The highest BCUT2D eigenvalue weighted by Crippen LogP contribution is 2.23. The summed E-state index contributed by atoms with van der Waals surface area (Å²) in [4.78, 5) is 10.5. The summed E-state index contributed by atoms with van der Waals surface area (Å²) >= 11 is 0. The summed E-state index contributed by atoms with van der Waals surface area (Å²) in [6, 6.07) is 7.76. The highest BCUT2D eigenvalue weighted by molar-refractivity contribution is 5.66. The van der Waals surface area contributed by atoms with Gasteiger partial charge in [-0.15, -0.1) is 0 Å². The molecule has 3 nitrogen and oxygen atoms in total. The number of aryl methyl sites for hydroxylation is 1. The lowest BCUT2D eigenvalue weighted by molar-refractivity contribution is -0.137. The molecule has 1 aromatic carbocycles. The van der Waals surface area contributed by atoms with E-state index in [0.717, 1.165) is 11.1 Å². The number of carboxylic acids is 1. The van der Waals surface area contributed by atoms with E-state index >= 15 is 0 Å². The van der Waals surface area contributed by atoms with Crippen LogP contribution >= 0.6 is 0 Å². The molecule has 0 radical (unpaired) electrons. The van der Waals surface area contributed by atoms with E-state index in [1.54, 1.807) is 0 Å². The molecule has 0 saturated carbocycles. The number of aliphatic carboxylic acids is 1. The van der Waals surface area contributed by atoms with Crippen molar-refractivity contribution in [3.05, 3.63) is 35.4 Å². The summed E-state index contributed by atoms with van der Waals surface area (Å²) in [7, 11) is 0. The Balaban J connectivity index is 2.74. The highest BCUT2D eigenvalue weighted by Gasteiger charge is 2.13. The average molecular weight is 208 g/mol. The van der Waals surface area contributed by atoms with E-state index in [4.69, 9.17) is 5.11 Å². The smallest absolute Gasteiger partial charge is 0.303 e. The Bertz CT molecular complexity index is 333. The largest absolute Gasteiger partial charge is 0.481 e. The summed E-state index contributed by atoms with van der Waals surface area (Å²) in [6.45, 7) is 1.97. The van der Waals surface area contributed by atoms with E-state index in [9.17, 15) is 9.90 Å². The van der Waals surface area contributed by atoms with Crippen molar-refractivity contribution in [2.45, 2.75) is 25.7 Å². The van der Waals surface area contributed by atoms with Crippen LogP contribution < -0.4 is 0 Å². The number of hydrogen-bond acceptors (Lipinski definition) is 2. The fourth-order valence-corrected chi connectivity index (χ4v) is 1.69. The lowest BCUT2D eigenvalue weighted by Gasteiger charge is -2.15. The molecule has 82 valence electrons. The molecule has 1 unspecified atom stereocenters. The van der Waals surface area contributed by atoms with Crippen molar-refractivity contribution < 1.29 is 15.0 Å². The van der Waals surface area contributed by atoms with E-state index in [2.05, 4.69) is 0 Å². The number of aliphatic hydroxyl groups is 1. The molecule has 1 aromatic rings. The predicted octanol–water partition coefficient (Wildman–Crippen LogP) is 1.94. The molecule has 0 aliphatic carbocycles. The second-order valence-electron chi connectivity index (χ2n) is 3.67. The quantitative estimate of drug-likeness (QED) is 0.777. The Labute approximate surface area is 89.4 Å². The summed E-state index contributed by atoms with van der Waals surface area (Å²) in [5.74, 6) is -0.885. The van der Waals surface area contributed by atoms with Gasteiger partial charge in [-0.1, -0.05) is 24.3 Å². The second-order valence-corrected chi connectivity index (χ2v) is 3.67. The van der Waals surface area contributed by atoms with E-state index in [-0.39, 0.29) is 18.9 Å². The van der Waals surface area contributed by atoms with Gasteiger partial charge in [0.25, 0.3) is 0 Å². The Kier molecular flexibility index (Phi) is 4.31. The first-order valence-electron chi connectivity index (χ1n) is 5.03. The molecule has 0 fully saturated rings. The van der Waals surface area contributed by atoms with Gasteiger partial charge in [0.15, 0.2) is 0 Å². The van der Waals surface area contributed by atoms with Crippen molar-refractivity contribution in [2.24, 2.45) is 0 Å². The molecule has 0 spiro atoms. The third-order valence-electron chi connectivity index (χ3n) is 2.56. The van der Waals surface area contributed by atoms with Gasteiger partial charge < -0.3 is 10.2 Å². The lowest BCUT2D eigenvalue weighted by atomic mass is 9.92.